The van der Waals surface area contributed by atoms with E-state index in [-0.39, 0.29) is 29.9 Å². The first-order valence-corrected chi connectivity index (χ1v) is 7.92. The minimum Gasteiger partial charge on any atom is -0.507 e. The van der Waals surface area contributed by atoms with Gasteiger partial charge in [0.25, 0.3) is 5.91 Å². The fraction of sp³-hybridized carbons (Fsp3) is 0.111. The molecular weight excluding hydrogens is 334 g/mol. The molecule has 3 rings (SSSR count). The summed E-state index contributed by atoms with van der Waals surface area (Å²) >= 11 is 0. The number of aromatic hydroxyl groups is 1. The number of amides is 2. The topological polar surface area (TPSA) is 115 Å². The number of carbonyl (C=O) groups is 2. The summed E-state index contributed by atoms with van der Waals surface area (Å²) < 4.78 is 0. The van der Waals surface area contributed by atoms with Crippen molar-refractivity contribution in [1.82, 2.24) is 10.7 Å². The minimum absolute atomic E-state index is 0.0743. The van der Waals surface area contributed by atoms with Gasteiger partial charge in [-0.25, -0.2) is 10.4 Å². The molecule has 132 valence electrons. The summed E-state index contributed by atoms with van der Waals surface area (Å²) in [7, 11) is 0. The van der Waals surface area contributed by atoms with Crippen LogP contribution in [0.25, 0.3) is 0 Å². The molecule has 0 saturated heterocycles. The quantitative estimate of drug-likeness (QED) is 0.478. The van der Waals surface area contributed by atoms with Crippen LogP contribution in [-0.2, 0) is 9.59 Å². The van der Waals surface area contributed by atoms with E-state index in [1.807, 2.05) is 6.07 Å². The first kappa shape index (κ1) is 17.2. The van der Waals surface area contributed by atoms with E-state index in [9.17, 15) is 14.7 Å². The molecule has 0 spiro atoms. The largest absolute Gasteiger partial charge is 0.507 e. The Morgan fingerprint density at radius 3 is 2.69 bits per heavy atom. The third kappa shape index (κ3) is 4.44. The highest BCUT2D eigenvalue weighted by atomic mass is 16.3. The molecule has 2 aromatic carbocycles. The summed E-state index contributed by atoms with van der Waals surface area (Å²) in [6.07, 6.45) is 1.33. The number of anilines is 1. The Labute approximate surface area is 149 Å². The van der Waals surface area contributed by atoms with Gasteiger partial charge in [0, 0.05) is 11.3 Å². The van der Waals surface area contributed by atoms with Gasteiger partial charge in [-0.2, -0.15) is 5.10 Å². The maximum atomic E-state index is 12.0. The van der Waals surface area contributed by atoms with Gasteiger partial charge in [-0.3, -0.25) is 14.9 Å². The molecule has 0 aliphatic carbocycles. The Balaban J connectivity index is 1.55. The van der Waals surface area contributed by atoms with Gasteiger partial charge in [0.05, 0.1) is 12.6 Å². The van der Waals surface area contributed by atoms with Crippen LogP contribution in [0, 0.1) is 0 Å². The molecule has 0 unspecified atom stereocenters. The molecule has 0 bridgehead atoms. The fourth-order valence-electron chi connectivity index (χ4n) is 2.31. The van der Waals surface area contributed by atoms with Crippen LogP contribution in [0.5, 0.6) is 5.75 Å². The Bertz CT molecular complexity index is 864. The average Bonchev–Trinajstić information content (AvgIpc) is 2.97. The second-order valence-electron chi connectivity index (χ2n) is 5.53. The second kappa shape index (κ2) is 7.93. The zero-order valence-electron chi connectivity index (χ0n) is 13.7. The van der Waals surface area contributed by atoms with E-state index in [1.54, 1.807) is 42.5 Å². The summed E-state index contributed by atoms with van der Waals surface area (Å²) in [6, 6.07) is 14.8. The monoisotopic (exact) mass is 351 g/mol. The van der Waals surface area contributed by atoms with Crippen LogP contribution in [-0.4, -0.2) is 35.1 Å². The predicted octanol–water partition coefficient (Wildman–Crippen LogP) is 1.20. The highest BCUT2D eigenvalue weighted by molar-refractivity contribution is 6.07. The van der Waals surface area contributed by atoms with Crippen molar-refractivity contribution in [2.24, 2.45) is 10.1 Å². The number of guanidine groups is 1. The van der Waals surface area contributed by atoms with Gasteiger partial charge in [-0.05, 0) is 24.3 Å². The molecule has 0 aromatic heterocycles. The highest BCUT2D eigenvalue weighted by Crippen LogP contribution is 2.12. The van der Waals surface area contributed by atoms with Crippen molar-refractivity contribution in [3.05, 3.63) is 60.2 Å². The number of aliphatic imine (C=N–C) groups is 1. The Morgan fingerprint density at radius 2 is 1.92 bits per heavy atom. The minimum atomic E-state index is -0.818. The maximum Gasteiger partial charge on any atom is 0.252 e. The lowest BCUT2D eigenvalue weighted by Gasteiger charge is -2.06. The van der Waals surface area contributed by atoms with Crippen LogP contribution in [0.15, 0.2) is 64.7 Å². The number of nitrogens with zero attached hydrogens (tertiary/aromatic N) is 2. The number of benzene rings is 2. The Kier molecular flexibility index (Phi) is 5.23. The van der Waals surface area contributed by atoms with Crippen LogP contribution in [0.3, 0.4) is 0 Å². The molecule has 4 N–H and O–H groups in total. The van der Waals surface area contributed by atoms with Crippen molar-refractivity contribution in [3.63, 3.8) is 0 Å². The van der Waals surface area contributed by atoms with Crippen molar-refractivity contribution in [3.8, 4) is 5.75 Å². The standard InChI is InChI=1S/C18H17N5O3/c24-15-9-5-4-6-12(15)11-19-23-18-21-14(17(26)22-18)10-16(25)20-13-7-2-1-3-8-13/h1-9,11,14,24H,10H2,(H,20,25)(H2,21,22,23,26)/b19-11-/t14-/m1/s1. The lowest BCUT2D eigenvalue weighted by Crippen LogP contribution is -2.35. The lowest BCUT2D eigenvalue weighted by atomic mass is 10.2. The molecule has 2 amide bonds. The molecule has 8 heteroatoms. The first-order chi connectivity index (χ1) is 12.6. The van der Waals surface area contributed by atoms with Crippen molar-refractivity contribution < 1.29 is 14.7 Å². The number of para-hydroxylation sites is 2. The summed E-state index contributed by atoms with van der Waals surface area (Å²) in [5, 5.41) is 18.8. The van der Waals surface area contributed by atoms with Crippen LogP contribution >= 0.6 is 0 Å². The van der Waals surface area contributed by atoms with Gasteiger partial charge in [0.1, 0.15) is 11.8 Å². The van der Waals surface area contributed by atoms with Gasteiger partial charge in [0.2, 0.25) is 11.9 Å². The maximum absolute atomic E-state index is 12.0. The Morgan fingerprint density at radius 1 is 1.19 bits per heavy atom. The normalized spacial score (nSPS) is 16.2. The Hall–Kier alpha value is -3.68. The SMILES string of the molecule is O=C(C[C@H]1N=C(N/N=C\c2ccccc2O)NC1=O)Nc1ccccc1. The number of hydrogen-bond donors (Lipinski definition) is 4. The summed E-state index contributed by atoms with van der Waals surface area (Å²) in [4.78, 5) is 28.1. The van der Waals surface area contributed by atoms with Crippen molar-refractivity contribution in [1.29, 1.82) is 0 Å². The van der Waals surface area contributed by atoms with Gasteiger partial charge >= 0.3 is 0 Å². The van der Waals surface area contributed by atoms with E-state index < -0.39 is 6.04 Å². The van der Waals surface area contributed by atoms with Gasteiger partial charge < -0.3 is 10.4 Å². The van der Waals surface area contributed by atoms with E-state index in [0.29, 0.717) is 11.3 Å². The highest BCUT2D eigenvalue weighted by Gasteiger charge is 2.28. The zero-order chi connectivity index (χ0) is 18.4. The number of carbonyl (C=O) groups excluding carboxylic acids is 2. The molecule has 1 aliphatic heterocycles. The van der Waals surface area contributed by atoms with Crippen molar-refractivity contribution >= 4 is 29.7 Å². The van der Waals surface area contributed by atoms with Crippen LogP contribution in [0.1, 0.15) is 12.0 Å². The van der Waals surface area contributed by atoms with Gasteiger partial charge in [-0.15, -0.1) is 0 Å². The van der Waals surface area contributed by atoms with E-state index in [0.717, 1.165) is 0 Å². The molecule has 1 atom stereocenters. The van der Waals surface area contributed by atoms with E-state index in [2.05, 4.69) is 26.2 Å². The molecule has 2 aromatic rings. The van der Waals surface area contributed by atoms with E-state index in [4.69, 9.17) is 0 Å². The number of nitrogens with one attached hydrogen (secondary N) is 3. The number of phenolic OH excluding ortho intramolecular Hbond substituents is 1. The predicted molar refractivity (Wildman–Crippen MR) is 97.9 cm³/mol. The van der Waals surface area contributed by atoms with Crippen LogP contribution in [0.4, 0.5) is 5.69 Å². The van der Waals surface area contributed by atoms with Crippen LogP contribution < -0.4 is 16.1 Å². The fourth-order valence-corrected chi connectivity index (χ4v) is 2.31. The average molecular weight is 351 g/mol. The lowest BCUT2D eigenvalue weighted by molar-refractivity contribution is -0.123. The van der Waals surface area contributed by atoms with Crippen molar-refractivity contribution in [2.75, 3.05) is 5.32 Å². The smallest absolute Gasteiger partial charge is 0.252 e. The molecule has 1 aliphatic rings. The molecule has 0 radical (unpaired) electrons. The summed E-state index contributed by atoms with van der Waals surface area (Å²) in [6.45, 7) is 0. The molecule has 1 heterocycles. The van der Waals surface area contributed by atoms with Crippen molar-refractivity contribution in [2.45, 2.75) is 12.5 Å². The summed E-state index contributed by atoms with van der Waals surface area (Å²) in [5.41, 5.74) is 3.76. The number of hydrazone groups is 1. The van der Waals surface area contributed by atoms with E-state index >= 15 is 0 Å². The first-order valence-electron chi connectivity index (χ1n) is 7.92. The zero-order valence-corrected chi connectivity index (χ0v) is 13.7. The molecular formula is C18H17N5O3. The van der Waals surface area contributed by atoms with Crippen LogP contribution in [0.2, 0.25) is 0 Å². The number of phenols is 1. The molecule has 0 fully saturated rings. The molecule has 8 nitrogen and oxygen atoms in total. The number of hydrogen-bond acceptors (Lipinski definition) is 6. The second-order valence-corrected chi connectivity index (χ2v) is 5.53. The third-order valence-corrected chi connectivity index (χ3v) is 3.58. The molecule has 0 saturated carbocycles. The number of rotatable bonds is 5. The summed E-state index contributed by atoms with van der Waals surface area (Å²) in [5.74, 6) is -0.447. The molecule has 26 heavy (non-hydrogen) atoms. The van der Waals surface area contributed by atoms with E-state index in [1.165, 1.54) is 12.3 Å². The van der Waals surface area contributed by atoms with Gasteiger partial charge in [-0.1, -0.05) is 30.3 Å². The van der Waals surface area contributed by atoms with Gasteiger partial charge in [0.15, 0.2) is 0 Å². The third-order valence-electron chi connectivity index (χ3n) is 3.58.